The second-order valence-electron chi connectivity index (χ2n) is 5.77. The van der Waals surface area contributed by atoms with Crippen molar-refractivity contribution in [1.29, 1.82) is 0 Å². The highest BCUT2D eigenvalue weighted by molar-refractivity contribution is 5.83. The van der Waals surface area contributed by atoms with E-state index in [0.717, 1.165) is 36.5 Å². The number of ether oxygens (including phenoxy) is 1. The summed E-state index contributed by atoms with van der Waals surface area (Å²) in [6.45, 7) is 5.61. The van der Waals surface area contributed by atoms with Crippen LogP contribution in [0, 0.1) is 0 Å². The minimum absolute atomic E-state index is 0.139. The van der Waals surface area contributed by atoms with Crippen molar-refractivity contribution in [3.63, 3.8) is 0 Å². The molecular weight excluding hydrogens is 280 g/mol. The number of hydrogen-bond acceptors (Lipinski definition) is 5. The molecule has 2 aromatic rings. The molecule has 1 aliphatic rings. The molecule has 22 heavy (non-hydrogen) atoms. The van der Waals surface area contributed by atoms with E-state index in [2.05, 4.69) is 14.9 Å². The van der Waals surface area contributed by atoms with Gasteiger partial charge >= 0.3 is 0 Å². The number of anilines is 1. The Labute approximate surface area is 129 Å². The van der Waals surface area contributed by atoms with Gasteiger partial charge in [0.05, 0.1) is 41.8 Å². The van der Waals surface area contributed by atoms with E-state index >= 15 is 0 Å². The zero-order valence-electron chi connectivity index (χ0n) is 13.1. The molecule has 1 fully saturated rings. The van der Waals surface area contributed by atoms with E-state index in [1.54, 1.807) is 12.5 Å². The summed E-state index contributed by atoms with van der Waals surface area (Å²) in [4.78, 5) is 22.3. The summed E-state index contributed by atoms with van der Waals surface area (Å²) in [7, 11) is 1.91. The molecule has 0 amide bonds. The number of aromatic nitrogens is 3. The average molecular weight is 300 g/mol. The molecule has 2 atom stereocenters. The normalized spacial score (nSPS) is 21.9. The number of carbonyl (C=O) groups is 1. The van der Waals surface area contributed by atoms with Crippen LogP contribution in [0.5, 0.6) is 0 Å². The van der Waals surface area contributed by atoms with Crippen molar-refractivity contribution in [2.24, 2.45) is 7.05 Å². The molecule has 6 heteroatoms. The van der Waals surface area contributed by atoms with E-state index in [4.69, 9.17) is 4.74 Å². The first kappa shape index (κ1) is 14.7. The number of aryl methyl sites for hydroxylation is 1. The number of rotatable bonds is 3. The van der Waals surface area contributed by atoms with E-state index in [-0.39, 0.29) is 12.2 Å². The standard InChI is InChI=1S/C16H20N4O2/c1-11-7-20(8-12(2)22-11)15-5-4-13(18-14(15)9-21)16-6-17-10-19(16)3/h4-6,9-12H,7-8H2,1-3H3/t11-,12+. The minimum Gasteiger partial charge on any atom is -0.372 e. The maximum atomic E-state index is 11.5. The molecule has 0 aliphatic carbocycles. The zero-order chi connectivity index (χ0) is 15.7. The zero-order valence-corrected chi connectivity index (χ0v) is 13.1. The number of imidazole rings is 1. The van der Waals surface area contributed by atoms with E-state index in [1.807, 2.05) is 37.6 Å². The molecule has 116 valence electrons. The highest BCUT2D eigenvalue weighted by Crippen LogP contribution is 2.26. The summed E-state index contributed by atoms with van der Waals surface area (Å²) in [6, 6.07) is 3.90. The largest absolute Gasteiger partial charge is 0.372 e. The average Bonchev–Trinajstić information content (AvgIpc) is 2.91. The lowest BCUT2D eigenvalue weighted by atomic mass is 10.1. The third-order valence-electron chi connectivity index (χ3n) is 3.85. The maximum absolute atomic E-state index is 11.5. The number of carbonyl (C=O) groups excluding carboxylic acids is 1. The van der Waals surface area contributed by atoms with Crippen LogP contribution in [0.2, 0.25) is 0 Å². The Morgan fingerprint density at radius 2 is 2.00 bits per heavy atom. The third-order valence-corrected chi connectivity index (χ3v) is 3.85. The Bertz CT molecular complexity index is 673. The van der Waals surface area contributed by atoms with Gasteiger partial charge in [-0.3, -0.25) is 4.79 Å². The monoisotopic (exact) mass is 300 g/mol. The number of aldehydes is 1. The molecule has 0 saturated carbocycles. The lowest BCUT2D eigenvalue weighted by Crippen LogP contribution is -2.45. The fraction of sp³-hybridized carbons (Fsp3) is 0.438. The summed E-state index contributed by atoms with van der Waals surface area (Å²) in [5, 5.41) is 0. The highest BCUT2D eigenvalue weighted by Gasteiger charge is 2.24. The minimum atomic E-state index is 0.139. The van der Waals surface area contributed by atoms with Crippen LogP contribution in [0.3, 0.4) is 0 Å². The SMILES string of the molecule is C[C@@H]1CN(c2ccc(-c3cncn3C)nc2C=O)C[C@H](C)O1. The molecule has 1 saturated heterocycles. The molecule has 6 nitrogen and oxygen atoms in total. The van der Waals surface area contributed by atoms with Crippen LogP contribution >= 0.6 is 0 Å². The van der Waals surface area contributed by atoms with Gasteiger partial charge in [-0.15, -0.1) is 0 Å². The Kier molecular flexibility index (Phi) is 3.94. The lowest BCUT2D eigenvalue weighted by molar-refractivity contribution is -0.00527. The summed E-state index contributed by atoms with van der Waals surface area (Å²) in [5.41, 5.74) is 2.96. The predicted molar refractivity (Wildman–Crippen MR) is 84.0 cm³/mol. The van der Waals surface area contributed by atoms with Crippen molar-refractivity contribution in [1.82, 2.24) is 14.5 Å². The quantitative estimate of drug-likeness (QED) is 0.810. The van der Waals surface area contributed by atoms with Crippen molar-refractivity contribution >= 4 is 12.0 Å². The Morgan fingerprint density at radius 3 is 2.59 bits per heavy atom. The predicted octanol–water partition coefficient (Wildman–Crippen LogP) is 1.91. The van der Waals surface area contributed by atoms with Gasteiger partial charge < -0.3 is 14.2 Å². The maximum Gasteiger partial charge on any atom is 0.170 e. The molecule has 0 aromatic carbocycles. The summed E-state index contributed by atoms with van der Waals surface area (Å²) in [5.74, 6) is 0. The van der Waals surface area contributed by atoms with Gasteiger partial charge in [-0.2, -0.15) is 0 Å². The smallest absolute Gasteiger partial charge is 0.170 e. The Hall–Kier alpha value is -2.21. The van der Waals surface area contributed by atoms with Gasteiger partial charge in [-0.05, 0) is 26.0 Å². The summed E-state index contributed by atoms with van der Waals surface area (Å²) in [6.07, 6.45) is 4.56. The van der Waals surface area contributed by atoms with Crippen molar-refractivity contribution in [2.45, 2.75) is 26.1 Å². The highest BCUT2D eigenvalue weighted by atomic mass is 16.5. The van der Waals surface area contributed by atoms with Gasteiger partial charge in [0.25, 0.3) is 0 Å². The lowest BCUT2D eigenvalue weighted by Gasteiger charge is -2.37. The van der Waals surface area contributed by atoms with Crippen molar-refractivity contribution in [2.75, 3.05) is 18.0 Å². The van der Waals surface area contributed by atoms with Crippen molar-refractivity contribution in [3.05, 3.63) is 30.4 Å². The van der Waals surface area contributed by atoms with Crippen LogP contribution in [0.1, 0.15) is 24.3 Å². The number of hydrogen-bond donors (Lipinski definition) is 0. The van der Waals surface area contributed by atoms with Crippen LogP contribution < -0.4 is 4.90 Å². The van der Waals surface area contributed by atoms with Crippen LogP contribution in [0.4, 0.5) is 5.69 Å². The fourth-order valence-electron chi connectivity index (χ4n) is 2.94. The second kappa shape index (κ2) is 5.88. The summed E-state index contributed by atoms with van der Waals surface area (Å²) < 4.78 is 7.63. The van der Waals surface area contributed by atoms with E-state index in [1.165, 1.54) is 0 Å². The van der Waals surface area contributed by atoms with Gasteiger partial charge in [-0.25, -0.2) is 9.97 Å². The van der Waals surface area contributed by atoms with Gasteiger partial charge in [-0.1, -0.05) is 0 Å². The molecule has 0 radical (unpaired) electrons. The number of nitrogens with zero attached hydrogens (tertiary/aromatic N) is 4. The topological polar surface area (TPSA) is 60.2 Å². The first-order valence-electron chi connectivity index (χ1n) is 7.42. The van der Waals surface area contributed by atoms with Crippen LogP contribution in [0.15, 0.2) is 24.7 Å². The second-order valence-corrected chi connectivity index (χ2v) is 5.77. The van der Waals surface area contributed by atoms with Crippen LogP contribution in [0.25, 0.3) is 11.4 Å². The molecule has 2 aromatic heterocycles. The van der Waals surface area contributed by atoms with Crippen LogP contribution in [-0.2, 0) is 11.8 Å². The molecule has 1 aliphatic heterocycles. The van der Waals surface area contributed by atoms with E-state index in [9.17, 15) is 4.79 Å². The van der Waals surface area contributed by atoms with E-state index in [0.29, 0.717) is 5.69 Å². The first-order valence-corrected chi connectivity index (χ1v) is 7.42. The van der Waals surface area contributed by atoms with Gasteiger partial charge in [0.2, 0.25) is 0 Å². The van der Waals surface area contributed by atoms with Gasteiger partial charge in [0.1, 0.15) is 5.69 Å². The molecule has 3 rings (SSSR count). The third kappa shape index (κ3) is 2.74. The molecule has 3 heterocycles. The molecule has 0 unspecified atom stereocenters. The Balaban J connectivity index is 1.96. The molecular formula is C16H20N4O2. The number of morpholine rings is 1. The van der Waals surface area contributed by atoms with Crippen molar-refractivity contribution in [3.8, 4) is 11.4 Å². The van der Waals surface area contributed by atoms with Gasteiger partial charge in [0, 0.05) is 20.1 Å². The Morgan fingerprint density at radius 1 is 1.27 bits per heavy atom. The molecule has 0 spiro atoms. The van der Waals surface area contributed by atoms with Crippen molar-refractivity contribution < 1.29 is 9.53 Å². The van der Waals surface area contributed by atoms with Crippen LogP contribution in [-0.4, -0.2) is 46.1 Å². The summed E-state index contributed by atoms with van der Waals surface area (Å²) >= 11 is 0. The van der Waals surface area contributed by atoms with E-state index < -0.39 is 0 Å². The number of pyridine rings is 1. The molecule has 0 bridgehead atoms. The first-order chi connectivity index (χ1) is 10.6. The molecule has 0 N–H and O–H groups in total. The fourth-order valence-corrected chi connectivity index (χ4v) is 2.94. The van der Waals surface area contributed by atoms with Gasteiger partial charge in [0.15, 0.2) is 6.29 Å².